The van der Waals surface area contributed by atoms with Crippen LogP contribution in [0.1, 0.15) is 56.8 Å². The second-order valence-electron chi connectivity index (χ2n) is 12.9. The molecule has 6 atom stereocenters. The number of carbonyl (C=O) groups is 6. The molecule has 2 heterocycles. The van der Waals surface area contributed by atoms with Gasteiger partial charge in [0.25, 0.3) is 11.8 Å². The van der Waals surface area contributed by atoms with E-state index in [0.29, 0.717) is 63.3 Å². The molecular formula is C33H52N6O13. The summed E-state index contributed by atoms with van der Waals surface area (Å²) < 4.78 is 0. The van der Waals surface area contributed by atoms with Crippen LogP contribution in [0.15, 0.2) is 18.2 Å². The van der Waals surface area contributed by atoms with Gasteiger partial charge >= 0.3 is 17.9 Å². The SMILES string of the molecule is CC(=O)[C@H](O)[C@@H](O)C(=O)NCCCCC(C(=O)O)N1CCN(C)CCN(C(CCCCNC(=O)[C@H](O)[C@@H](O)C(=O)O)C(=O)O)Cc2cccc(n2)C1. The molecule has 0 spiro atoms. The van der Waals surface area contributed by atoms with Crippen molar-refractivity contribution in [3.05, 3.63) is 29.6 Å². The lowest BCUT2D eigenvalue weighted by atomic mass is 10.1. The summed E-state index contributed by atoms with van der Waals surface area (Å²) in [6.45, 7) is 3.21. The fourth-order valence-corrected chi connectivity index (χ4v) is 5.65. The molecule has 52 heavy (non-hydrogen) atoms. The van der Waals surface area contributed by atoms with E-state index in [1.165, 1.54) is 0 Å². The summed E-state index contributed by atoms with van der Waals surface area (Å²) in [7, 11) is 1.85. The zero-order valence-electron chi connectivity index (χ0n) is 29.5. The van der Waals surface area contributed by atoms with Crippen LogP contribution < -0.4 is 10.6 Å². The fourth-order valence-electron chi connectivity index (χ4n) is 5.65. The van der Waals surface area contributed by atoms with Gasteiger partial charge in [0.05, 0.1) is 11.4 Å². The van der Waals surface area contributed by atoms with E-state index in [-0.39, 0.29) is 39.0 Å². The number of hydrogen-bond donors (Lipinski definition) is 9. The number of pyridine rings is 1. The molecule has 9 N–H and O–H groups in total. The Labute approximate surface area is 301 Å². The number of amides is 2. The highest BCUT2D eigenvalue weighted by Gasteiger charge is 2.31. The third-order valence-electron chi connectivity index (χ3n) is 8.80. The van der Waals surface area contributed by atoms with Gasteiger partial charge in [-0.3, -0.25) is 38.8 Å². The highest BCUT2D eigenvalue weighted by Crippen LogP contribution is 2.18. The largest absolute Gasteiger partial charge is 0.480 e. The molecule has 0 fully saturated rings. The van der Waals surface area contributed by atoms with Crippen LogP contribution in [0.4, 0.5) is 0 Å². The number of carboxylic acids is 3. The van der Waals surface area contributed by atoms with E-state index >= 15 is 0 Å². The number of aromatic nitrogens is 1. The van der Waals surface area contributed by atoms with Crippen molar-refractivity contribution in [1.29, 1.82) is 0 Å². The number of carboxylic acid groups (broad SMARTS) is 3. The fraction of sp³-hybridized carbons (Fsp3) is 0.667. The third kappa shape index (κ3) is 14.5. The minimum Gasteiger partial charge on any atom is -0.480 e. The first-order valence-electron chi connectivity index (χ1n) is 17.1. The summed E-state index contributed by atoms with van der Waals surface area (Å²) in [5.41, 5.74) is 1.18. The Morgan fingerprint density at radius 1 is 0.654 bits per heavy atom. The van der Waals surface area contributed by atoms with Crippen LogP contribution in [0, 0.1) is 0 Å². The maximum atomic E-state index is 12.4. The maximum absolute atomic E-state index is 12.4. The molecule has 2 unspecified atom stereocenters. The lowest BCUT2D eigenvalue weighted by molar-refractivity contribution is -0.158. The van der Waals surface area contributed by atoms with Crippen molar-refractivity contribution in [2.45, 2.75) is 95.0 Å². The molecule has 2 amide bonds. The molecule has 1 aliphatic rings. The molecular weight excluding hydrogens is 688 g/mol. The molecule has 1 aromatic heterocycles. The zero-order chi connectivity index (χ0) is 39.0. The summed E-state index contributed by atoms with van der Waals surface area (Å²) in [5, 5.41) is 72.2. The molecule has 19 heteroatoms. The normalized spacial score (nSPS) is 18.3. The number of aliphatic hydroxyl groups is 4. The first-order valence-corrected chi connectivity index (χ1v) is 17.1. The molecule has 2 rings (SSSR count). The molecule has 1 aliphatic heterocycles. The zero-order valence-corrected chi connectivity index (χ0v) is 29.5. The first kappa shape index (κ1) is 44.1. The summed E-state index contributed by atoms with van der Waals surface area (Å²) in [5.74, 6) is -6.52. The maximum Gasteiger partial charge on any atom is 0.335 e. The van der Waals surface area contributed by atoms with Gasteiger partial charge in [0.2, 0.25) is 0 Å². The average molecular weight is 741 g/mol. The smallest absolute Gasteiger partial charge is 0.335 e. The van der Waals surface area contributed by atoms with E-state index in [1.54, 1.807) is 23.1 Å². The van der Waals surface area contributed by atoms with Crippen LogP contribution in [-0.2, 0) is 41.9 Å². The van der Waals surface area contributed by atoms with Gasteiger partial charge in [-0.15, -0.1) is 0 Å². The topological polar surface area (TPSA) is 291 Å². The van der Waals surface area contributed by atoms with Crippen LogP contribution >= 0.6 is 0 Å². The number of hydrogen-bond acceptors (Lipinski definition) is 14. The van der Waals surface area contributed by atoms with Gasteiger partial charge in [-0.25, -0.2) is 4.79 Å². The predicted molar refractivity (Wildman–Crippen MR) is 181 cm³/mol. The van der Waals surface area contributed by atoms with Gasteiger partial charge in [-0.2, -0.15) is 0 Å². The Morgan fingerprint density at radius 3 is 1.46 bits per heavy atom. The number of ketones is 1. The number of fused-ring (bicyclic) bond motifs is 2. The lowest BCUT2D eigenvalue weighted by Crippen LogP contribution is -2.47. The number of Topliss-reactive ketones (excluding diaryl/α,β-unsaturated/α-hetero) is 1. The summed E-state index contributed by atoms with van der Waals surface area (Å²) in [6, 6.07) is 3.51. The van der Waals surface area contributed by atoms with Crippen LogP contribution in [-0.4, -0.2) is 174 Å². The third-order valence-corrected chi connectivity index (χ3v) is 8.80. The predicted octanol–water partition coefficient (Wildman–Crippen LogP) is -2.77. The van der Waals surface area contributed by atoms with Crippen molar-refractivity contribution in [3.63, 3.8) is 0 Å². The number of carbonyl (C=O) groups excluding carboxylic acids is 3. The molecule has 0 aliphatic carbocycles. The van der Waals surface area contributed by atoms with E-state index in [0.717, 1.165) is 6.92 Å². The molecule has 19 nitrogen and oxygen atoms in total. The van der Waals surface area contributed by atoms with Gasteiger partial charge < -0.3 is 51.3 Å². The summed E-state index contributed by atoms with van der Waals surface area (Å²) in [6.07, 6.45) is -6.17. The van der Waals surface area contributed by atoms with Gasteiger partial charge in [0.15, 0.2) is 24.1 Å². The lowest BCUT2D eigenvalue weighted by Gasteiger charge is -2.34. The molecule has 0 radical (unpaired) electrons. The van der Waals surface area contributed by atoms with Crippen molar-refractivity contribution in [1.82, 2.24) is 30.3 Å². The van der Waals surface area contributed by atoms with Crippen molar-refractivity contribution in [2.75, 3.05) is 46.3 Å². The number of aliphatic hydroxyl groups excluding tert-OH is 4. The van der Waals surface area contributed by atoms with Gasteiger partial charge in [0, 0.05) is 52.4 Å². The van der Waals surface area contributed by atoms with E-state index in [4.69, 9.17) is 10.1 Å². The minimum atomic E-state index is -2.27. The van der Waals surface area contributed by atoms with Crippen LogP contribution in [0.5, 0.6) is 0 Å². The minimum absolute atomic E-state index is 0.0304. The van der Waals surface area contributed by atoms with E-state index < -0.39 is 72.0 Å². The van der Waals surface area contributed by atoms with Crippen LogP contribution in [0.25, 0.3) is 0 Å². The standard InChI is InChI=1S/C33H52N6O13/c1-20(40)25(41)26(42)29(45)34-12-5-3-10-23(31(47)48)38-16-14-37(2)15-17-39(19-22-9-7-8-21(18-38)36-22)24(32(49)50)11-4-6-13-35-30(46)27(43)28(44)33(51)52/h7-9,23-28,41-44H,3-6,10-19H2,1-2H3,(H,34,45)(H,35,46)(H,47,48)(H,49,50)(H,51,52)/t23?,24?,25-,26+,27+,28+/m0/s1. The molecule has 292 valence electrons. The monoisotopic (exact) mass is 740 g/mol. The first-order chi connectivity index (χ1) is 24.5. The molecule has 0 saturated heterocycles. The number of nitrogens with one attached hydrogen (secondary N) is 2. The van der Waals surface area contributed by atoms with E-state index in [9.17, 15) is 59.4 Å². The molecule has 0 aromatic carbocycles. The highest BCUT2D eigenvalue weighted by atomic mass is 16.4. The van der Waals surface area contributed by atoms with Gasteiger partial charge in [-0.1, -0.05) is 6.07 Å². The Kier molecular flexibility index (Phi) is 18.7. The number of rotatable bonds is 20. The number of aliphatic carboxylic acids is 3. The quantitative estimate of drug-likeness (QED) is 0.0612. The molecule has 2 bridgehead atoms. The van der Waals surface area contributed by atoms with Gasteiger partial charge in [0.1, 0.15) is 18.2 Å². The van der Waals surface area contributed by atoms with E-state index in [2.05, 4.69) is 10.6 Å². The van der Waals surface area contributed by atoms with Crippen molar-refractivity contribution >= 4 is 35.5 Å². The second-order valence-corrected chi connectivity index (χ2v) is 12.9. The molecule has 1 aromatic rings. The van der Waals surface area contributed by atoms with Crippen molar-refractivity contribution in [2.24, 2.45) is 0 Å². The summed E-state index contributed by atoms with van der Waals surface area (Å²) in [4.78, 5) is 81.1. The van der Waals surface area contributed by atoms with Gasteiger partial charge in [-0.05, 0) is 64.6 Å². The summed E-state index contributed by atoms with van der Waals surface area (Å²) >= 11 is 0. The second kappa shape index (κ2) is 22.1. The average Bonchev–Trinajstić information content (AvgIpc) is 3.09. The number of nitrogens with zero attached hydrogens (tertiary/aromatic N) is 4. The highest BCUT2D eigenvalue weighted by molar-refractivity contribution is 5.90. The van der Waals surface area contributed by atoms with Crippen LogP contribution in [0.3, 0.4) is 0 Å². The van der Waals surface area contributed by atoms with Crippen molar-refractivity contribution < 1.29 is 64.5 Å². The Bertz CT molecular complexity index is 1270. The number of likely N-dealkylation sites (N-methyl/N-ethyl adjacent to an activating group) is 1. The Hall–Kier alpha value is -4.11. The van der Waals surface area contributed by atoms with E-state index in [1.807, 2.05) is 16.8 Å². The molecule has 0 saturated carbocycles. The Balaban J connectivity index is 2.05. The Morgan fingerprint density at radius 2 is 1.08 bits per heavy atom. The number of unbranched alkanes of at least 4 members (excludes halogenated alkanes) is 2. The van der Waals surface area contributed by atoms with Crippen molar-refractivity contribution in [3.8, 4) is 0 Å². The van der Waals surface area contributed by atoms with Crippen LogP contribution in [0.2, 0.25) is 0 Å².